The first-order valence-electron chi connectivity index (χ1n) is 7.67. The lowest BCUT2D eigenvalue weighted by Gasteiger charge is -2.39. The molecule has 0 amide bonds. The van der Waals surface area contributed by atoms with Gasteiger partial charge in [0.15, 0.2) is 0 Å². The summed E-state index contributed by atoms with van der Waals surface area (Å²) < 4.78 is 7.34. The second kappa shape index (κ2) is 7.76. The summed E-state index contributed by atoms with van der Waals surface area (Å²) in [4.78, 5) is 0. The molecule has 0 heterocycles. The molecule has 0 spiro atoms. The average Bonchev–Trinajstić information content (AvgIpc) is 2.73. The normalized spacial score (nSPS) is 20.4. The molecule has 1 N–H and O–H groups in total. The Kier molecular flexibility index (Phi) is 6.30. The largest absolute Gasteiger partial charge is 0.377 e. The Morgan fingerprint density at radius 3 is 2.25 bits per heavy atom. The number of ether oxygens (including phenoxy) is 1. The van der Waals surface area contributed by atoms with Crippen LogP contribution in [-0.4, -0.2) is 25.8 Å². The Labute approximate surface area is 136 Å². The number of benzene rings is 1. The summed E-state index contributed by atoms with van der Waals surface area (Å²) >= 11 is 2.36. The molecule has 1 aromatic carbocycles. The highest BCUT2D eigenvalue weighted by molar-refractivity contribution is 14.1. The smallest absolute Gasteiger partial charge is 0.0834 e. The Balaban J connectivity index is 2.13. The zero-order valence-corrected chi connectivity index (χ0v) is 14.8. The minimum absolute atomic E-state index is 0.00818. The van der Waals surface area contributed by atoms with Crippen LogP contribution in [0.2, 0.25) is 0 Å². The van der Waals surface area contributed by atoms with Crippen LogP contribution in [-0.2, 0) is 11.2 Å². The topological polar surface area (TPSA) is 21.3 Å². The van der Waals surface area contributed by atoms with E-state index in [1.165, 1.54) is 47.7 Å². The molecule has 1 fully saturated rings. The van der Waals surface area contributed by atoms with Crippen LogP contribution in [0.1, 0.15) is 44.1 Å². The summed E-state index contributed by atoms with van der Waals surface area (Å²) in [5.41, 5.74) is 1.40. The molecule has 0 radical (unpaired) electrons. The molecule has 1 aromatic rings. The monoisotopic (exact) mass is 387 g/mol. The minimum atomic E-state index is 0.00818. The van der Waals surface area contributed by atoms with E-state index < -0.39 is 0 Å². The Hall–Kier alpha value is -0.130. The summed E-state index contributed by atoms with van der Waals surface area (Å²) in [5.74, 6) is 0. The van der Waals surface area contributed by atoms with Gasteiger partial charge in [0, 0.05) is 16.7 Å². The average molecular weight is 387 g/mol. The zero-order valence-electron chi connectivity index (χ0n) is 12.6. The van der Waals surface area contributed by atoms with Crippen LogP contribution in [0.25, 0.3) is 0 Å². The molecular formula is C17H26INO. The molecule has 3 heteroatoms. The molecule has 20 heavy (non-hydrogen) atoms. The predicted molar refractivity (Wildman–Crippen MR) is 93.2 cm³/mol. The SMILES string of the molecule is CNC(Cc1ccc(I)cc1)C1(OC)CCCCCC1. The molecule has 0 bridgehead atoms. The highest BCUT2D eigenvalue weighted by atomic mass is 127. The third-order valence-electron chi connectivity index (χ3n) is 4.69. The van der Waals surface area contributed by atoms with E-state index in [0.717, 1.165) is 6.42 Å². The van der Waals surface area contributed by atoms with Crippen LogP contribution in [0.5, 0.6) is 0 Å². The molecule has 0 aliphatic heterocycles. The summed E-state index contributed by atoms with van der Waals surface area (Å²) in [6, 6.07) is 9.26. The molecule has 0 saturated heterocycles. The predicted octanol–water partition coefficient (Wildman–Crippen LogP) is 4.16. The van der Waals surface area contributed by atoms with Crippen LogP contribution in [0.3, 0.4) is 0 Å². The second-order valence-corrected chi connectivity index (χ2v) is 7.10. The maximum atomic E-state index is 6.04. The molecule has 1 saturated carbocycles. The van der Waals surface area contributed by atoms with E-state index in [1.807, 2.05) is 7.11 Å². The van der Waals surface area contributed by atoms with Gasteiger partial charge in [0.05, 0.1) is 5.60 Å². The fraction of sp³-hybridized carbons (Fsp3) is 0.647. The van der Waals surface area contributed by atoms with Crippen molar-refractivity contribution in [2.75, 3.05) is 14.2 Å². The highest BCUT2D eigenvalue weighted by Crippen LogP contribution is 2.34. The van der Waals surface area contributed by atoms with Gasteiger partial charge >= 0.3 is 0 Å². The standard InChI is InChI=1S/C17H26INO/c1-19-16(13-14-7-9-15(18)10-8-14)17(20-2)11-5-3-4-6-12-17/h7-10,16,19H,3-6,11-13H2,1-2H3. The molecule has 2 nitrogen and oxygen atoms in total. The lowest BCUT2D eigenvalue weighted by Crippen LogP contribution is -2.52. The van der Waals surface area contributed by atoms with Gasteiger partial charge in [-0.3, -0.25) is 0 Å². The summed E-state index contributed by atoms with van der Waals surface area (Å²) in [6.07, 6.45) is 8.69. The van der Waals surface area contributed by atoms with Crippen molar-refractivity contribution in [3.05, 3.63) is 33.4 Å². The molecule has 1 atom stereocenters. The van der Waals surface area contributed by atoms with E-state index in [1.54, 1.807) is 0 Å². The van der Waals surface area contributed by atoms with E-state index in [9.17, 15) is 0 Å². The number of methoxy groups -OCH3 is 1. The van der Waals surface area contributed by atoms with Crippen molar-refractivity contribution in [2.45, 2.75) is 56.6 Å². The van der Waals surface area contributed by atoms with Crippen LogP contribution in [0.15, 0.2) is 24.3 Å². The van der Waals surface area contributed by atoms with Gasteiger partial charge in [-0.15, -0.1) is 0 Å². The molecule has 112 valence electrons. The first kappa shape index (κ1) is 16.2. The van der Waals surface area contributed by atoms with E-state index >= 15 is 0 Å². The van der Waals surface area contributed by atoms with Crippen molar-refractivity contribution >= 4 is 22.6 Å². The Morgan fingerprint density at radius 1 is 1.15 bits per heavy atom. The fourth-order valence-corrected chi connectivity index (χ4v) is 3.79. The van der Waals surface area contributed by atoms with Gasteiger partial charge in [-0.2, -0.15) is 0 Å². The van der Waals surface area contributed by atoms with Gasteiger partial charge in [0.25, 0.3) is 0 Å². The quantitative estimate of drug-likeness (QED) is 0.605. The van der Waals surface area contributed by atoms with E-state index in [0.29, 0.717) is 6.04 Å². The van der Waals surface area contributed by atoms with Gasteiger partial charge in [0.2, 0.25) is 0 Å². The number of hydrogen-bond acceptors (Lipinski definition) is 2. The Bertz CT molecular complexity index is 396. The molecular weight excluding hydrogens is 361 g/mol. The van der Waals surface area contributed by atoms with Gasteiger partial charge in [-0.25, -0.2) is 0 Å². The van der Waals surface area contributed by atoms with E-state index in [-0.39, 0.29) is 5.60 Å². The van der Waals surface area contributed by atoms with Crippen molar-refractivity contribution in [2.24, 2.45) is 0 Å². The van der Waals surface area contributed by atoms with Crippen molar-refractivity contribution in [1.82, 2.24) is 5.32 Å². The van der Waals surface area contributed by atoms with Crippen LogP contribution in [0, 0.1) is 3.57 Å². The van der Waals surface area contributed by atoms with Crippen molar-refractivity contribution in [3.63, 3.8) is 0 Å². The lowest BCUT2D eigenvalue weighted by atomic mass is 9.83. The van der Waals surface area contributed by atoms with E-state index in [4.69, 9.17) is 4.74 Å². The van der Waals surface area contributed by atoms with E-state index in [2.05, 4.69) is 59.2 Å². The zero-order chi connectivity index (χ0) is 14.4. The molecule has 1 aliphatic rings. The molecule has 0 aromatic heterocycles. The summed E-state index contributed by atoms with van der Waals surface area (Å²) in [5, 5.41) is 3.53. The molecule has 2 rings (SSSR count). The summed E-state index contributed by atoms with van der Waals surface area (Å²) in [7, 11) is 3.96. The van der Waals surface area contributed by atoms with Crippen LogP contribution < -0.4 is 5.32 Å². The minimum Gasteiger partial charge on any atom is -0.377 e. The Morgan fingerprint density at radius 2 is 1.75 bits per heavy atom. The molecule has 1 unspecified atom stereocenters. The second-order valence-electron chi connectivity index (χ2n) is 5.85. The van der Waals surface area contributed by atoms with Crippen molar-refractivity contribution in [3.8, 4) is 0 Å². The number of likely N-dealkylation sites (N-methyl/N-ethyl adjacent to an activating group) is 1. The number of hydrogen-bond donors (Lipinski definition) is 1. The maximum absolute atomic E-state index is 6.04. The van der Waals surface area contributed by atoms with Gasteiger partial charge in [0.1, 0.15) is 0 Å². The van der Waals surface area contributed by atoms with Gasteiger partial charge < -0.3 is 10.1 Å². The third-order valence-corrected chi connectivity index (χ3v) is 5.41. The van der Waals surface area contributed by atoms with Gasteiger partial charge in [-0.1, -0.05) is 37.8 Å². The number of rotatable bonds is 5. The fourth-order valence-electron chi connectivity index (χ4n) is 3.43. The molecule has 1 aliphatic carbocycles. The highest BCUT2D eigenvalue weighted by Gasteiger charge is 2.38. The summed E-state index contributed by atoms with van der Waals surface area (Å²) in [6.45, 7) is 0. The van der Waals surface area contributed by atoms with Gasteiger partial charge in [-0.05, 0) is 66.6 Å². The first-order valence-corrected chi connectivity index (χ1v) is 8.75. The van der Waals surface area contributed by atoms with Crippen LogP contribution in [0.4, 0.5) is 0 Å². The lowest BCUT2D eigenvalue weighted by molar-refractivity contribution is -0.0509. The van der Waals surface area contributed by atoms with Crippen molar-refractivity contribution in [1.29, 1.82) is 0 Å². The first-order chi connectivity index (χ1) is 9.70. The van der Waals surface area contributed by atoms with Crippen molar-refractivity contribution < 1.29 is 4.74 Å². The third kappa shape index (κ3) is 3.95. The van der Waals surface area contributed by atoms with Crippen LogP contribution >= 0.6 is 22.6 Å². The number of halogens is 1. The maximum Gasteiger partial charge on any atom is 0.0834 e. The number of nitrogens with one attached hydrogen (secondary N) is 1.